The second-order valence-corrected chi connectivity index (χ2v) is 7.24. The third kappa shape index (κ3) is 4.53. The van der Waals surface area contributed by atoms with E-state index < -0.39 is 12.1 Å². The van der Waals surface area contributed by atoms with Crippen LogP contribution in [-0.2, 0) is 22.6 Å². The lowest BCUT2D eigenvalue weighted by Crippen LogP contribution is -2.33. The van der Waals surface area contributed by atoms with Gasteiger partial charge in [0, 0.05) is 13.0 Å². The van der Waals surface area contributed by atoms with E-state index in [0.717, 1.165) is 22.4 Å². The normalized spacial score (nSPS) is 17.2. The molecule has 4 rings (SSSR count). The van der Waals surface area contributed by atoms with Crippen LogP contribution in [0.1, 0.15) is 24.0 Å². The predicted octanol–water partition coefficient (Wildman–Crippen LogP) is 1.97. The molecular weight excluding hydrogens is 386 g/mol. The van der Waals surface area contributed by atoms with Gasteiger partial charge >= 0.3 is 6.03 Å². The highest BCUT2D eigenvalue weighted by Crippen LogP contribution is 2.33. The van der Waals surface area contributed by atoms with Crippen molar-refractivity contribution >= 4 is 17.8 Å². The van der Waals surface area contributed by atoms with E-state index in [1.165, 1.54) is 0 Å². The molecule has 0 radical (unpaired) electrons. The van der Waals surface area contributed by atoms with Crippen molar-refractivity contribution in [2.24, 2.45) is 0 Å². The minimum absolute atomic E-state index is 0.137. The second-order valence-electron chi connectivity index (χ2n) is 7.24. The molecule has 1 saturated heterocycles. The van der Waals surface area contributed by atoms with Crippen LogP contribution in [0.25, 0.3) is 0 Å². The van der Waals surface area contributed by atoms with Crippen molar-refractivity contribution in [1.82, 2.24) is 15.5 Å². The molecule has 1 unspecified atom stereocenters. The molecule has 2 aliphatic heterocycles. The fourth-order valence-electron chi connectivity index (χ4n) is 3.50. The molecule has 0 bridgehead atoms. The smallest absolute Gasteiger partial charge is 0.325 e. The van der Waals surface area contributed by atoms with Crippen LogP contribution in [0.2, 0.25) is 0 Å². The predicted molar refractivity (Wildman–Crippen MR) is 108 cm³/mol. The molecule has 0 aromatic heterocycles. The van der Waals surface area contributed by atoms with Crippen molar-refractivity contribution in [2.75, 3.05) is 13.3 Å². The van der Waals surface area contributed by atoms with E-state index in [9.17, 15) is 14.4 Å². The van der Waals surface area contributed by atoms with Gasteiger partial charge in [0.15, 0.2) is 11.5 Å². The van der Waals surface area contributed by atoms with Crippen LogP contribution < -0.4 is 20.1 Å². The van der Waals surface area contributed by atoms with Crippen molar-refractivity contribution in [3.8, 4) is 11.5 Å². The molecule has 0 aliphatic carbocycles. The highest BCUT2D eigenvalue weighted by molar-refractivity contribution is 6.04. The van der Waals surface area contributed by atoms with Crippen LogP contribution in [0, 0.1) is 0 Å². The molecule has 30 heavy (non-hydrogen) atoms. The zero-order valence-electron chi connectivity index (χ0n) is 16.4. The Labute approximate surface area is 174 Å². The van der Waals surface area contributed by atoms with E-state index in [1.54, 1.807) is 18.2 Å². The lowest BCUT2D eigenvalue weighted by Gasteiger charge is -2.13. The van der Waals surface area contributed by atoms with E-state index in [-0.39, 0.29) is 38.0 Å². The van der Waals surface area contributed by atoms with Gasteiger partial charge in [-0.15, -0.1) is 0 Å². The average Bonchev–Trinajstić information content (AvgIpc) is 3.32. The van der Waals surface area contributed by atoms with Gasteiger partial charge in [-0.25, -0.2) is 4.79 Å². The van der Waals surface area contributed by atoms with Crippen molar-refractivity contribution in [3.63, 3.8) is 0 Å². The number of hydrogen-bond donors (Lipinski definition) is 2. The monoisotopic (exact) mass is 409 g/mol. The molecule has 2 heterocycles. The van der Waals surface area contributed by atoms with E-state index >= 15 is 0 Å². The van der Waals surface area contributed by atoms with Gasteiger partial charge in [0.05, 0.1) is 6.54 Å². The molecule has 0 spiro atoms. The maximum atomic E-state index is 12.6. The number of amides is 4. The van der Waals surface area contributed by atoms with Crippen molar-refractivity contribution < 1.29 is 23.9 Å². The number of rotatable bonds is 8. The number of urea groups is 1. The van der Waals surface area contributed by atoms with Crippen molar-refractivity contribution in [3.05, 3.63) is 59.7 Å². The first-order valence-electron chi connectivity index (χ1n) is 9.91. The molecule has 2 aromatic carbocycles. The second kappa shape index (κ2) is 8.86. The Morgan fingerprint density at radius 1 is 1.07 bits per heavy atom. The number of nitrogens with zero attached hydrogens (tertiary/aromatic N) is 1. The minimum atomic E-state index is -0.689. The zero-order chi connectivity index (χ0) is 20.9. The molecular formula is C22H23N3O5. The molecule has 2 aromatic rings. The summed E-state index contributed by atoms with van der Waals surface area (Å²) < 4.78 is 10.6. The largest absolute Gasteiger partial charge is 0.454 e. The fourth-order valence-corrected chi connectivity index (χ4v) is 3.50. The van der Waals surface area contributed by atoms with Gasteiger partial charge in [-0.05, 0) is 36.1 Å². The first kappa shape index (κ1) is 19.8. The maximum Gasteiger partial charge on any atom is 0.325 e. The number of carbonyl (C=O) groups is 3. The third-order valence-corrected chi connectivity index (χ3v) is 5.12. The molecule has 8 nitrogen and oxygen atoms in total. The first-order chi connectivity index (χ1) is 14.6. The lowest BCUT2D eigenvalue weighted by atomic mass is 10.1. The summed E-state index contributed by atoms with van der Waals surface area (Å²) in [6.45, 7) is 0.836. The third-order valence-electron chi connectivity index (χ3n) is 5.12. The molecule has 2 N–H and O–H groups in total. The Kier molecular flexibility index (Phi) is 5.83. The van der Waals surface area contributed by atoms with E-state index in [2.05, 4.69) is 10.6 Å². The summed E-state index contributed by atoms with van der Waals surface area (Å²) in [5, 5.41) is 5.52. The average molecular weight is 409 g/mol. The highest BCUT2D eigenvalue weighted by Gasteiger charge is 2.38. The molecule has 2 aliphatic rings. The number of nitrogens with one attached hydrogen (secondary N) is 2. The fraction of sp³-hybridized carbons (Fsp3) is 0.318. The number of fused-ring (bicyclic) bond motifs is 1. The van der Waals surface area contributed by atoms with Crippen molar-refractivity contribution in [2.45, 2.75) is 31.8 Å². The van der Waals surface area contributed by atoms with E-state index in [4.69, 9.17) is 9.47 Å². The molecule has 4 amide bonds. The number of benzene rings is 2. The Hall–Kier alpha value is -3.55. The summed E-state index contributed by atoms with van der Waals surface area (Å²) in [6.07, 6.45) is 1.18. The summed E-state index contributed by atoms with van der Waals surface area (Å²) in [5.41, 5.74) is 1.91. The maximum absolute atomic E-state index is 12.6. The molecule has 8 heteroatoms. The number of imide groups is 1. The number of ether oxygens (including phenoxy) is 2. The Morgan fingerprint density at radius 2 is 1.87 bits per heavy atom. The van der Waals surface area contributed by atoms with Crippen LogP contribution >= 0.6 is 0 Å². The van der Waals surface area contributed by atoms with Crippen LogP contribution in [0.15, 0.2) is 48.5 Å². The summed E-state index contributed by atoms with van der Waals surface area (Å²) >= 11 is 0. The van der Waals surface area contributed by atoms with Gasteiger partial charge in [-0.2, -0.15) is 0 Å². The molecule has 156 valence electrons. The summed E-state index contributed by atoms with van der Waals surface area (Å²) in [6, 6.07) is 14.1. The number of hydrogen-bond acceptors (Lipinski definition) is 5. The quantitative estimate of drug-likeness (QED) is 0.650. The standard InChI is InChI=1S/C22H23N3O5/c26-20(23-11-10-15-4-2-1-3-5-15)9-7-17-21(27)25(22(28)24-17)13-16-6-8-18-19(12-16)30-14-29-18/h1-6,8,12,17H,7,9-11,13-14H2,(H,23,26)(H,24,28). The number of carbonyl (C=O) groups excluding carboxylic acids is 3. The molecule has 1 fully saturated rings. The Morgan fingerprint density at radius 3 is 2.70 bits per heavy atom. The van der Waals surface area contributed by atoms with Gasteiger partial charge in [-0.1, -0.05) is 36.4 Å². The highest BCUT2D eigenvalue weighted by atomic mass is 16.7. The first-order valence-corrected chi connectivity index (χ1v) is 9.91. The van der Waals surface area contributed by atoms with E-state index in [1.807, 2.05) is 30.3 Å². The van der Waals surface area contributed by atoms with Crippen LogP contribution in [-0.4, -0.2) is 42.1 Å². The SMILES string of the molecule is O=C(CCC1NC(=O)N(Cc2ccc3c(c2)OCO3)C1=O)NCCc1ccccc1. The van der Waals surface area contributed by atoms with Gasteiger partial charge in [0.25, 0.3) is 5.91 Å². The van der Waals surface area contributed by atoms with Crippen LogP contribution in [0.4, 0.5) is 4.79 Å². The van der Waals surface area contributed by atoms with E-state index in [0.29, 0.717) is 18.0 Å². The van der Waals surface area contributed by atoms with Gasteiger partial charge in [0.2, 0.25) is 12.7 Å². The summed E-state index contributed by atoms with van der Waals surface area (Å²) in [4.78, 5) is 38.1. The van der Waals surface area contributed by atoms with Gasteiger partial charge in [0.1, 0.15) is 6.04 Å². The topological polar surface area (TPSA) is 97.0 Å². The van der Waals surface area contributed by atoms with Gasteiger partial charge in [-0.3, -0.25) is 14.5 Å². The minimum Gasteiger partial charge on any atom is -0.454 e. The Bertz CT molecular complexity index is 947. The molecule has 0 saturated carbocycles. The van der Waals surface area contributed by atoms with Crippen molar-refractivity contribution in [1.29, 1.82) is 0 Å². The van der Waals surface area contributed by atoms with Gasteiger partial charge < -0.3 is 20.1 Å². The van der Waals surface area contributed by atoms with Crippen LogP contribution in [0.3, 0.4) is 0 Å². The zero-order valence-corrected chi connectivity index (χ0v) is 16.4. The van der Waals surface area contributed by atoms with Crippen LogP contribution in [0.5, 0.6) is 11.5 Å². The Balaban J connectivity index is 1.24. The summed E-state index contributed by atoms with van der Waals surface area (Å²) in [5.74, 6) is 0.785. The summed E-state index contributed by atoms with van der Waals surface area (Å²) in [7, 11) is 0. The lowest BCUT2D eigenvalue weighted by molar-refractivity contribution is -0.128. The molecule has 1 atom stereocenters.